The smallest absolute Gasteiger partial charge is 0.129 e. The van der Waals surface area contributed by atoms with Crippen molar-refractivity contribution in [3.05, 3.63) is 41.5 Å². The molecule has 1 aliphatic heterocycles. The number of hydrogen-bond donors (Lipinski definition) is 1. The van der Waals surface area contributed by atoms with Gasteiger partial charge in [0.05, 0.1) is 6.10 Å². The highest BCUT2D eigenvalue weighted by Gasteiger charge is 2.19. The fourth-order valence-electron chi connectivity index (χ4n) is 2.67. The van der Waals surface area contributed by atoms with Crippen molar-refractivity contribution in [1.82, 2.24) is 0 Å². The van der Waals surface area contributed by atoms with Crippen molar-refractivity contribution < 1.29 is 9.84 Å². The van der Waals surface area contributed by atoms with Crippen molar-refractivity contribution in [2.75, 3.05) is 24.6 Å². The van der Waals surface area contributed by atoms with Crippen LogP contribution in [0.5, 0.6) is 5.75 Å². The highest BCUT2D eigenvalue weighted by molar-refractivity contribution is 5.78. The molecule has 0 saturated carbocycles. The quantitative estimate of drug-likeness (QED) is 0.839. The lowest BCUT2D eigenvalue weighted by atomic mass is 9.96. The second kappa shape index (κ2) is 6.81. The van der Waals surface area contributed by atoms with Gasteiger partial charge in [-0.1, -0.05) is 11.6 Å². The van der Waals surface area contributed by atoms with Crippen molar-refractivity contribution in [3.63, 3.8) is 0 Å². The Morgan fingerprint density at radius 3 is 2.67 bits per heavy atom. The Morgan fingerprint density at radius 1 is 1.33 bits per heavy atom. The fraction of sp³-hybridized carbons (Fsp3) is 0.444. The van der Waals surface area contributed by atoms with E-state index in [1.165, 1.54) is 0 Å². The van der Waals surface area contributed by atoms with E-state index in [1.807, 2.05) is 26.0 Å². The van der Waals surface area contributed by atoms with Crippen LogP contribution in [0.3, 0.4) is 0 Å². The minimum Gasteiger partial charge on any atom is -0.489 e. The summed E-state index contributed by atoms with van der Waals surface area (Å²) in [6.07, 6.45) is 3.26. The summed E-state index contributed by atoms with van der Waals surface area (Å²) in [6, 6.07) is 6.23. The Balaban J connectivity index is 2.34. The van der Waals surface area contributed by atoms with Gasteiger partial charge in [0.15, 0.2) is 0 Å². The average molecular weight is 287 g/mol. The number of allylic oxidation sites excluding steroid dienone is 1. The molecule has 1 aliphatic rings. The number of fused-ring (bicyclic) bond motifs is 1. The molecule has 0 fully saturated rings. The van der Waals surface area contributed by atoms with Gasteiger partial charge in [0.2, 0.25) is 0 Å². The second-order valence-corrected chi connectivity index (χ2v) is 5.51. The van der Waals surface area contributed by atoms with Gasteiger partial charge in [0, 0.05) is 30.4 Å². The molecule has 0 aliphatic carbocycles. The zero-order valence-electron chi connectivity index (χ0n) is 13.4. The van der Waals surface area contributed by atoms with Gasteiger partial charge >= 0.3 is 0 Å². The lowest BCUT2D eigenvalue weighted by Crippen LogP contribution is -2.22. The molecule has 0 aromatic heterocycles. The first-order valence-electron chi connectivity index (χ1n) is 7.62. The van der Waals surface area contributed by atoms with Crippen molar-refractivity contribution in [3.8, 4) is 5.75 Å². The number of hydrogen-bond acceptors (Lipinski definition) is 3. The maximum atomic E-state index is 10.4. The molecule has 3 nitrogen and oxygen atoms in total. The Labute approximate surface area is 127 Å². The normalized spacial score (nSPS) is 14.6. The first-order chi connectivity index (χ1) is 10.1. The van der Waals surface area contributed by atoms with Gasteiger partial charge in [-0.25, -0.2) is 0 Å². The van der Waals surface area contributed by atoms with Crippen LogP contribution in [-0.4, -0.2) is 30.9 Å². The standard InChI is InChI=1S/C18H25NO2/c1-5-19(6-2)14-7-8-16-15(17(20)11-13(3)4)9-10-21-18(16)12-14/h7-9,11-12,17,20H,5-6,10H2,1-4H3. The van der Waals surface area contributed by atoms with E-state index in [1.54, 1.807) is 0 Å². The van der Waals surface area contributed by atoms with Crippen LogP contribution in [-0.2, 0) is 0 Å². The molecule has 2 rings (SSSR count). The summed E-state index contributed by atoms with van der Waals surface area (Å²) in [7, 11) is 0. The van der Waals surface area contributed by atoms with E-state index in [0.717, 1.165) is 41.2 Å². The number of benzene rings is 1. The Kier molecular flexibility index (Phi) is 5.07. The van der Waals surface area contributed by atoms with Gasteiger partial charge in [-0.2, -0.15) is 0 Å². The van der Waals surface area contributed by atoms with Gasteiger partial charge < -0.3 is 14.7 Å². The minimum absolute atomic E-state index is 0.512. The van der Waals surface area contributed by atoms with Gasteiger partial charge in [-0.15, -0.1) is 0 Å². The molecule has 0 spiro atoms. The number of aliphatic hydroxyl groups excluding tert-OH is 1. The average Bonchev–Trinajstić information content (AvgIpc) is 2.47. The molecule has 1 heterocycles. The molecule has 3 heteroatoms. The predicted molar refractivity (Wildman–Crippen MR) is 88.9 cm³/mol. The fourth-order valence-corrected chi connectivity index (χ4v) is 2.67. The maximum Gasteiger partial charge on any atom is 0.129 e. The van der Waals surface area contributed by atoms with E-state index >= 15 is 0 Å². The summed E-state index contributed by atoms with van der Waals surface area (Å²) in [5, 5.41) is 10.4. The first-order valence-corrected chi connectivity index (χ1v) is 7.62. The monoisotopic (exact) mass is 287 g/mol. The summed E-state index contributed by atoms with van der Waals surface area (Å²) in [6.45, 7) is 10.7. The number of anilines is 1. The second-order valence-electron chi connectivity index (χ2n) is 5.51. The summed E-state index contributed by atoms with van der Waals surface area (Å²) in [5.41, 5.74) is 4.19. The maximum absolute atomic E-state index is 10.4. The Morgan fingerprint density at radius 2 is 2.05 bits per heavy atom. The van der Waals surface area contributed by atoms with Crippen LogP contribution in [0.4, 0.5) is 5.69 Å². The van der Waals surface area contributed by atoms with E-state index in [-0.39, 0.29) is 0 Å². The molecular weight excluding hydrogens is 262 g/mol. The van der Waals surface area contributed by atoms with Gasteiger partial charge in [-0.3, -0.25) is 0 Å². The third-order valence-electron chi connectivity index (χ3n) is 3.76. The minimum atomic E-state index is -0.572. The molecule has 0 bridgehead atoms. The molecule has 1 atom stereocenters. The highest BCUT2D eigenvalue weighted by Crippen LogP contribution is 2.35. The van der Waals surface area contributed by atoms with E-state index in [4.69, 9.17) is 4.74 Å². The largest absolute Gasteiger partial charge is 0.489 e. The number of ether oxygens (including phenoxy) is 1. The van der Waals surface area contributed by atoms with E-state index in [0.29, 0.717) is 6.61 Å². The summed E-state index contributed by atoms with van der Waals surface area (Å²) in [4.78, 5) is 2.29. The lowest BCUT2D eigenvalue weighted by molar-refractivity contribution is 0.274. The van der Waals surface area contributed by atoms with Crippen molar-refractivity contribution >= 4 is 11.3 Å². The van der Waals surface area contributed by atoms with E-state index < -0.39 is 6.10 Å². The predicted octanol–water partition coefficient (Wildman–Crippen LogP) is 3.64. The van der Waals surface area contributed by atoms with Gasteiger partial charge in [0.1, 0.15) is 12.4 Å². The third-order valence-corrected chi connectivity index (χ3v) is 3.76. The van der Waals surface area contributed by atoms with E-state index in [2.05, 4.69) is 36.9 Å². The van der Waals surface area contributed by atoms with E-state index in [9.17, 15) is 5.11 Å². The van der Waals surface area contributed by atoms with Crippen LogP contribution in [0.25, 0.3) is 5.57 Å². The molecular formula is C18H25NO2. The van der Waals surface area contributed by atoms with Gasteiger partial charge in [0.25, 0.3) is 0 Å². The lowest BCUT2D eigenvalue weighted by Gasteiger charge is -2.25. The third kappa shape index (κ3) is 3.48. The van der Waals surface area contributed by atoms with Crippen LogP contribution >= 0.6 is 0 Å². The number of aliphatic hydroxyl groups is 1. The molecule has 1 aromatic carbocycles. The Bertz CT molecular complexity index is 552. The van der Waals surface area contributed by atoms with Gasteiger partial charge in [-0.05, 0) is 51.5 Å². The number of rotatable bonds is 5. The summed E-state index contributed by atoms with van der Waals surface area (Å²) < 4.78 is 5.75. The molecule has 1 aromatic rings. The Hall–Kier alpha value is -1.74. The van der Waals surface area contributed by atoms with Crippen LogP contribution in [0, 0.1) is 0 Å². The molecule has 114 valence electrons. The molecule has 1 unspecified atom stereocenters. The molecule has 0 saturated heterocycles. The zero-order valence-corrected chi connectivity index (χ0v) is 13.4. The zero-order chi connectivity index (χ0) is 15.4. The van der Waals surface area contributed by atoms with Crippen molar-refractivity contribution in [1.29, 1.82) is 0 Å². The summed E-state index contributed by atoms with van der Waals surface area (Å²) in [5.74, 6) is 0.859. The van der Waals surface area contributed by atoms with Crippen LogP contribution in [0.15, 0.2) is 35.9 Å². The molecule has 0 amide bonds. The first kappa shape index (κ1) is 15.6. The van der Waals surface area contributed by atoms with Crippen LogP contribution in [0.2, 0.25) is 0 Å². The molecule has 1 N–H and O–H groups in total. The topological polar surface area (TPSA) is 32.7 Å². The molecule has 21 heavy (non-hydrogen) atoms. The number of nitrogens with zero attached hydrogens (tertiary/aromatic N) is 1. The van der Waals surface area contributed by atoms with Crippen molar-refractivity contribution in [2.45, 2.75) is 33.8 Å². The van der Waals surface area contributed by atoms with Crippen LogP contribution < -0.4 is 9.64 Å². The SMILES string of the molecule is CCN(CC)c1ccc2c(c1)OCC=C2C(O)C=C(C)C. The van der Waals surface area contributed by atoms with Crippen molar-refractivity contribution in [2.24, 2.45) is 0 Å². The summed E-state index contributed by atoms with van der Waals surface area (Å²) >= 11 is 0. The highest BCUT2D eigenvalue weighted by atomic mass is 16.5. The van der Waals surface area contributed by atoms with Crippen LogP contribution in [0.1, 0.15) is 33.3 Å². The molecule has 0 radical (unpaired) electrons.